The molecule has 1 aliphatic heterocycles. The van der Waals surface area contributed by atoms with Crippen LogP contribution in [0.1, 0.15) is 17.5 Å². The SMILES string of the molecule is CN(CN)Cc1ccc2c(c1)CCC(=O)N2. The van der Waals surface area contributed by atoms with Gasteiger partial charge in [-0.15, -0.1) is 0 Å². The van der Waals surface area contributed by atoms with Gasteiger partial charge in [-0.1, -0.05) is 12.1 Å². The first-order valence-electron chi connectivity index (χ1n) is 5.49. The second-order valence-electron chi connectivity index (χ2n) is 4.24. The molecule has 1 aromatic rings. The molecule has 0 aliphatic carbocycles. The summed E-state index contributed by atoms with van der Waals surface area (Å²) in [6, 6.07) is 6.17. The number of hydrogen-bond donors (Lipinski definition) is 2. The molecule has 16 heavy (non-hydrogen) atoms. The molecule has 0 spiro atoms. The second-order valence-corrected chi connectivity index (χ2v) is 4.24. The van der Waals surface area contributed by atoms with Crippen molar-refractivity contribution in [2.24, 2.45) is 5.73 Å². The van der Waals surface area contributed by atoms with Crippen molar-refractivity contribution >= 4 is 11.6 Å². The highest BCUT2D eigenvalue weighted by molar-refractivity contribution is 5.93. The van der Waals surface area contributed by atoms with Crippen LogP contribution in [-0.4, -0.2) is 24.5 Å². The van der Waals surface area contributed by atoms with Crippen molar-refractivity contribution in [3.63, 3.8) is 0 Å². The Morgan fingerprint density at radius 3 is 3.00 bits per heavy atom. The summed E-state index contributed by atoms with van der Waals surface area (Å²) in [4.78, 5) is 13.2. The van der Waals surface area contributed by atoms with Crippen LogP contribution < -0.4 is 11.1 Å². The molecule has 1 heterocycles. The molecule has 1 aliphatic rings. The summed E-state index contributed by atoms with van der Waals surface area (Å²) in [5, 5.41) is 2.88. The predicted molar refractivity (Wildman–Crippen MR) is 63.9 cm³/mol. The van der Waals surface area contributed by atoms with Crippen molar-refractivity contribution in [2.75, 3.05) is 19.0 Å². The predicted octanol–water partition coefficient (Wildman–Crippen LogP) is 0.919. The number of anilines is 1. The molecule has 2 rings (SSSR count). The summed E-state index contributed by atoms with van der Waals surface area (Å²) >= 11 is 0. The zero-order valence-electron chi connectivity index (χ0n) is 9.49. The highest BCUT2D eigenvalue weighted by Gasteiger charge is 2.14. The van der Waals surface area contributed by atoms with E-state index in [0.29, 0.717) is 13.1 Å². The first kappa shape index (κ1) is 11.1. The molecule has 4 heteroatoms. The van der Waals surface area contributed by atoms with E-state index in [2.05, 4.69) is 11.4 Å². The Morgan fingerprint density at radius 2 is 2.25 bits per heavy atom. The lowest BCUT2D eigenvalue weighted by Crippen LogP contribution is -2.25. The van der Waals surface area contributed by atoms with Crippen LogP contribution in [0.4, 0.5) is 5.69 Å². The maximum atomic E-state index is 11.2. The van der Waals surface area contributed by atoms with Gasteiger partial charge < -0.3 is 11.1 Å². The van der Waals surface area contributed by atoms with E-state index in [1.54, 1.807) is 0 Å². The van der Waals surface area contributed by atoms with Crippen molar-refractivity contribution in [1.82, 2.24) is 4.90 Å². The first-order chi connectivity index (χ1) is 7.69. The lowest BCUT2D eigenvalue weighted by molar-refractivity contribution is -0.116. The Morgan fingerprint density at radius 1 is 1.44 bits per heavy atom. The summed E-state index contributed by atoms with van der Waals surface area (Å²) in [5.41, 5.74) is 8.96. The molecule has 1 aromatic carbocycles. The quantitative estimate of drug-likeness (QED) is 0.743. The van der Waals surface area contributed by atoms with Crippen LogP contribution in [0.5, 0.6) is 0 Å². The van der Waals surface area contributed by atoms with Crippen molar-refractivity contribution in [3.8, 4) is 0 Å². The fourth-order valence-electron chi connectivity index (χ4n) is 1.91. The fourth-order valence-corrected chi connectivity index (χ4v) is 1.91. The highest BCUT2D eigenvalue weighted by atomic mass is 16.1. The number of nitrogens with one attached hydrogen (secondary N) is 1. The maximum Gasteiger partial charge on any atom is 0.224 e. The molecule has 0 fully saturated rings. The van der Waals surface area contributed by atoms with Gasteiger partial charge in [0.1, 0.15) is 0 Å². The third-order valence-corrected chi connectivity index (χ3v) is 2.83. The molecule has 0 radical (unpaired) electrons. The van der Waals surface area contributed by atoms with Gasteiger partial charge >= 0.3 is 0 Å². The minimum atomic E-state index is 0.110. The van der Waals surface area contributed by atoms with Crippen LogP contribution in [0.25, 0.3) is 0 Å². The Kier molecular flexibility index (Phi) is 3.22. The van der Waals surface area contributed by atoms with Gasteiger partial charge in [-0.25, -0.2) is 0 Å². The van der Waals surface area contributed by atoms with Crippen molar-refractivity contribution in [3.05, 3.63) is 29.3 Å². The van der Waals surface area contributed by atoms with E-state index in [1.165, 1.54) is 11.1 Å². The molecule has 3 N–H and O–H groups in total. The molecule has 0 unspecified atom stereocenters. The van der Waals surface area contributed by atoms with Gasteiger partial charge in [-0.05, 0) is 30.7 Å². The van der Waals surface area contributed by atoms with Gasteiger partial charge in [0, 0.05) is 25.3 Å². The average molecular weight is 219 g/mol. The van der Waals surface area contributed by atoms with E-state index >= 15 is 0 Å². The van der Waals surface area contributed by atoms with Gasteiger partial charge in [0.25, 0.3) is 0 Å². The van der Waals surface area contributed by atoms with Crippen LogP contribution in [0.2, 0.25) is 0 Å². The van der Waals surface area contributed by atoms with Crippen molar-refractivity contribution in [1.29, 1.82) is 0 Å². The lowest BCUT2D eigenvalue weighted by atomic mass is 10.0. The van der Waals surface area contributed by atoms with Crippen molar-refractivity contribution in [2.45, 2.75) is 19.4 Å². The van der Waals surface area contributed by atoms with Crippen molar-refractivity contribution < 1.29 is 4.79 Å². The zero-order valence-corrected chi connectivity index (χ0v) is 9.49. The molecule has 0 saturated heterocycles. The largest absolute Gasteiger partial charge is 0.326 e. The third-order valence-electron chi connectivity index (χ3n) is 2.83. The molecule has 0 aromatic heterocycles. The number of nitrogens with zero attached hydrogens (tertiary/aromatic N) is 1. The second kappa shape index (κ2) is 4.63. The first-order valence-corrected chi connectivity index (χ1v) is 5.49. The van der Waals surface area contributed by atoms with E-state index < -0.39 is 0 Å². The van der Waals surface area contributed by atoms with Gasteiger partial charge in [-0.2, -0.15) is 0 Å². The molecule has 0 saturated carbocycles. The Labute approximate surface area is 95.4 Å². The normalized spacial score (nSPS) is 14.8. The van der Waals surface area contributed by atoms with Crippen LogP contribution >= 0.6 is 0 Å². The average Bonchev–Trinajstić information content (AvgIpc) is 2.29. The molecular formula is C12H17N3O. The number of rotatable bonds is 3. The molecule has 0 atom stereocenters. The number of amides is 1. The summed E-state index contributed by atoms with van der Waals surface area (Å²) in [7, 11) is 1.99. The van der Waals surface area contributed by atoms with Gasteiger partial charge in [0.15, 0.2) is 0 Å². The van der Waals surface area contributed by atoms with Crippen LogP contribution in [-0.2, 0) is 17.8 Å². The fraction of sp³-hybridized carbons (Fsp3) is 0.417. The standard InChI is InChI=1S/C12H17N3O/c1-15(8-13)7-9-2-4-11-10(6-9)3-5-12(16)14-11/h2,4,6H,3,5,7-8,13H2,1H3,(H,14,16). The van der Waals surface area contributed by atoms with E-state index in [1.807, 2.05) is 24.1 Å². The number of carbonyl (C=O) groups is 1. The van der Waals surface area contributed by atoms with E-state index in [9.17, 15) is 4.79 Å². The van der Waals surface area contributed by atoms with Crippen LogP contribution in [0.15, 0.2) is 18.2 Å². The third kappa shape index (κ3) is 2.40. The smallest absolute Gasteiger partial charge is 0.224 e. The number of benzene rings is 1. The Hall–Kier alpha value is -1.39. The highest BCUT2D eigenvalue weighted by Crippen LogP contribution is 2.23. The molecule has 1 amide bonds. The number of nitrogens with two attached hydrogens (primary N) is 1. The topological polar surface area (TPSA) is 58.4 Å². The van der Waals surface area contributed by atoms with E-state index in [-0.39, 0.29) is 5.91 Å². The number of hydrogen-bond acceptors (Lipinski definition) is 3. The summed E-state index contributed by atoms with van der Waals surface area (Å²) < 4.78 is 0. The zero-order chi connectivity index (χ0) is 11.5. The minimum absolute atomic E-state index is 0.110. The molecule has 0 bridgehead atoms. The monoisotopic (exact) mass is 219 g/mol. The Balaban J connectivity index is 2.16. The molecule has 86 valence electrons. The van der Waals surface area contributed by atoms with E-state index in [4.69, 9.17) is 5.73 Å². The van der Waals surface area contributed by atoms with E-state index in [0.717, 1.165) is 18.7 Å². The number of carbonyl (C=O) groups excluding carboxylic acids is 1. The summed E-state index contributed by atoms with van der Waals surface area (Å²) in [5.74, 6) is 0.110. The molecule has 4 nitrogen and oxygen atoms in total. The molecular weight excluding hydrogens is 202 g/mol. The Bertz CT molecular complexity index is 403. The van der Waals surface area contributed by atoms with Crippen LogP contribution in [0.3, 0.4) is 0 Å². The lowest BCUT2D eigenvalue weighted by Gasteiger charge is -2.19. The number of aryl methyl sites for hydroxylation is 1. The minimum Gasteiger partial charge on any atom is -0.326 e. The van der Waals surface area contributed by atoms with Crippen LogP contribution in [0, 0.1) is 0 Å². The van der Waals surface area contributed by atoms with Gasteiger partial charge in [0.2, 0.25) is 5.91 Å². The van der Waals surface area contributed by atoms with Gasteiger partial charge in [0.05, 0.1) is 0 Å². The summed E-state index contributed by atoms with van der Waals surface area (Å²) in [6.45, 7) is 1.39. The van der Waals surface area contributed by atoms with Gasteiger partial charge in [-0.3, -0.25) is 9.69 Å². The maximum absolute atomic E-state index is 11.2. The number of fused-ring (bicyclic) bond motifs is 1. The summed E-state index contributed by atoms with van der Waals surface area (Å²) in [6.07, 6.45) is 1.42.